The highest BCUT2D eigenvalue weighted by Crippen LogP contribution is 2.37. The minimum absolute atomic E-state index is 0.0339. The van der Waals surface area contributed by atoms with Gasteiger partial charge in [0.05, 0.1) is 5.69 Å². The van der Waals surface area contributed by atoms with Crippen LogP contribution in [-0.2, 0) is 0 Å². The smallest absolute Gasteiger partial charge is 0.264 e. The summed E-state index contributed by atoms with van der Waals surface area (Å²) in [6, 6.07) is 0. The molecule has 6 heteroatoms. The first kappa shape index (κ1) is 13.9. The van der Waals surface area contributed by atoms with E-state index in [1.807, 2.05) is 6.92 Å². The van der Waals surface area contributed by atoms with Crippen LogP contribution >= 0.6 is 27.5 Å². The van der Waals surface area contributed by atoms with E-state index in [9.17, 15) is 4.79 Å². The zero-order valence-electron chi connectivity index (χ0n) is 10.5. The van der Waals surface area contributed by atoms with Crippen LogP contribution in [0.1, 0.15) is 47.5 Å². The minimum Gasteiger partial charge on any atom is -0.351 e. The molecular weight excluding hydrogens is 314 g/mol. The summed E-state index contributed by atoms with van der Waals surface area (Å²) in [6.07, 6.45) is 6.24. The van der Waals surface area contributed by atoms with E-state index in [-0.39, 0.29) is 11.3 Å². The number of carbonyl (C=O) groups is 1. The van der Waals surface area contributed by atoms with Gasteiger partial charge in [0.2, 0.25) is 0 Å². The van der Waals surface area contributed by atoms with Crippen LogP contribution in [0.2, 0.25) is 0 Å². The standard InChI is InChI=1S/C12H18BrN3OS/c1-9-10(18-16-15-9)11(17)14-8-12(7-13)5-3-2-4-6-12/h2-8H2,1H3,(H,14,17). The molecule has 0 unspecified atom stereocenters. The van der Waals surface area contributed by atoms with Gasteiger partial charge in [0.1, 0.15) is 4.88 Å². The fourth-order valence-electron chi connectivity index (χ4n) is 2.45. The summed E-state index contributed by atoms with van der Waals surface area (Å²) in [6.45, 7) is 2.56. The third-order valence-corrected chi connectivity index (χ3v) is 5.70. The molecule has 1 amide bonds. The van der Waals surface area contributed by atoms with Gasteiger partial charge in [0.15, 0.2) is 0 Å². The number of nitrogens with zero attached hydrogens (tertiary/aromatic N) is 2. The summed E-state index contributed by atoms with van der Waals surface area (Å²) in [4.78, 5) is 12.7. The molecule has 0 aliphatic heterocycles. The summed E-state index contributed by atoms with van der Waals surface area (Å²) < 4.78 is 3.80. The van der Waals surface area contributed by atoms with Crippen LogP contribution in [0, 0.1) is 12.3 Å². The lowest BCUT2D eigenvalue weighted by molar-refractivity contribution is 0.0925. The van der Waals surface area contributed by atoms with E-state index in [0.29, 0.717) is 10.6 Å². The van der Waals surface area contributed by atoms with Gasteiger partial charge in [-0.05, 0) is 36.7 Å². The largest absolute Gasteiger partial charge is 0.351 e. The number of alkyl halides is 1. The highest BCUT2D eigenvalue weighted by Gasteiger charge is 2.31. The Balaban J connectivity index is 1.94. The molecule has 0 radical (unpaired) electrons. The molecule has 0 atom stereocenters. The molecule has 2 rings (SSSR count). The molecule has 0 bridgehead atoms. The van der Waals surface area contributed by atoms with E-state index in [2.05, 4.69) is 30.8 Å². The maximum atomic E-state index is 12.0. The molecule has 1 fully saturated rings. The van der Waals surface area contributed by atoms with Crippen LogP contribution < -0.4 is 5.32 Å². The average Bonchev–Trinajstić information content (AvgIpc) is 2.83. The summed E-state index contributed by atoms with van der Waals surface area (Å²) in [7, 11) is 0. The molecule has 0 saturated heterocycles. The maximum absolute atomic E-state index is 12.0. The van der Waals surface area contributed by atoms with Crippen molar-refractivity contribution in [2.45, 2.75) is 39.0 Å². The van der Waals surface area contributed by atoms with E-state index in [1.54, 1.807) is 0 Å². The first-order chi connectivity index (χ1) is 8.67. The molecule has 100 valence electrons. The maximum Gasteiger partial charge on any atom is 0.264 e. The first-order valence-electron chi connectivity index (χ1n) is 6.30. The SMILES string of the molecule is Cc1nnsc1C(=O)NCC1(CBr)CCCCC1. The molecule has 1 N–H and O–H groups in total. The van der Waals surface area contributed by atoms with Crippen molar-refractivity contribution in [1.82, 2.24) is 14.9 Å². The summed E-state index contributed by atoms with van der Waals surface area (Å²) >= 11 is 4.77. The highest BCUT2D eigenvalue weighted by atomic mass is 79.9. The topological polar surface area (TPSA) is 54.9 Å². The van der Waals surface area contributed by atoms with Crippen LogP contribution in [0.25, 0.3) is 0 Å². The molecule has 18 heavy (non-hydrogen) atoms. The van der Waals surface area contributed by atoms with E-state index in [4.69, 9.17) is 0 Å². The number of hydrogen-bond acceptors (Lipinski definition) is 4. The number of carbonyl (C=O) groups excluding carboxylic acids is 1. The Morgan fingerprint density at radius 1 is 1.44 bits per heavy atom. The zero-order valence-corrected chi connectivity index (χ0v) is 12.9. The number of halogens is 1. The Kier molecular flexibility index (Phi) is 4.72. The van der Waals surface area contributed by atoms with Crippen molar-refractivity contribution < 1.29 is 4.79 Å². The predicted octanol–water partition coefficient (Wildman–Crippen LogP) is 2.92. The van der Waals surface area contributed by atoms with Crippen molar-refractivity contribution in [2.24, 2.45) is 5.41 Å². The zero-order chi connectivity index (χ0) is 13.0. The van der Waals surface area contributed by atoms with Gasteiger partial charge in [-0.3, -0.25) is 4.79 Å². The van der Waals surface area contributed by atoms with E-state index in [0.717, 1.165) is 11.9 Å². The van der Waals surface area contributed by atoms with Crippen molar-refractivity contribution in [3.8, 4) is 0 Å². The minimum atomic E-state index is -0.0339. The Morgan fingerprint density at radius 3 is 2.72 bits per heavy atom. The molecular formula is C12H18BrN3OS. The number of aryl methyl sites for hydroxylation is 1. The van der Waals surface area contributed by atoms with Crippen molar-refractivity contribution >= 4 is 33.4 Å². The van der Waals surface area contributed by atoms with Crippen molar-refractivity contribution in [1.29, 1.82) is 0 Å². The number of hydrogen-bond donors (Lipinski definition) is 1. The second-order valence-electron chi connectivity index (χ2n) is 5.06. The molecule has 1 aliphatic rings. The normalized spacial score (nSPS) is 18.6. The molecule has 1 aliphatic carbocycles. The van der Waals surface area contributed by atoms with Crippen LogP contribution in [0.5, 0.6) is 0 Å². The second-order valence-corrected chi connectivity index (χ2v) is 6.38. The Labute approximate surface area is 120 Å². The van der Waals surface area contributed by atoms with Gasteiger partial charge >= 0.3 is 0 Å². The van der Waals surface area contributed by atoms with E-state index >= 15 is 0 Å². The van der Waals surface area contributed by atoms with Crippen molar-refractivity contribution in [3.05, 3.63) is 10.6 Å². The first-order valence-corrected chi connectivity index (χ1v) is 8.19. The van der Waals surface area contributed by atoms with Gasteiger partial charge < -0.3 is 5.32 Å². The molecule has 0 spiro atoms. The van der Waals surface area contributed by atoms with E-state index in [1.165, 1.54) is 43.6 Å². The number of rotatable bonds is 4. The van der Waals surface area contributed by atoms with Crippen LogP contribution in [0.3, 0.4) is 0 Å². The van der Waals surface area contributed by atoms with Crippen molar-refractivity contribution in [2.75, 3.05) is 11.9 Å². The van der Waals surface area contributed by atoms with Gasteiger partial charge in [-0.15, -0.1) is 5.10 Å². The van der Waals surface area contributed by atoms with Gasteiger partial charge in [0.25, 0.3) is 5.91 Å². The Bertz CT molecular complexity index is 415. The van der Waals surface area contributed by atoms with Crippen LogP contribution in [0.15, 0.2) is 0 Å². The number of nitrogens with one attached hydrogen (secondary N) is 1. The number of aromatic nitrogens is 2. The summed E-state index contributed by atoms with van der Waals surface area (Å²) in [5, 5.41) is 7.88. The highest BCUT2D eigenvalue weighted by molar-refractivity contribution is 9.09. The summed E-state index contributed by atoms with van der Waals surface area (Å²) in [5.41, 5.74) is 0.953. The molecule has 1 aromatic heterocycles. The molecule has 1 heterocycles. The lowest BCUT2D eigenvalue weighted by Gasteiger charge is -2.35. The molecule has 0 aromatic carbocycles. The van der Waals surface area contributed by atoms with Crippen molar-refractivity contribution in [3.63, 3.8) is 0 Å². The fraction of sp³-hybridized carbons (Fsp3) is 0.750. The van der Waals surface area contributed by atoms with Gasteiger partial charge in [-0.2, -0.15) is 0 Å². The molecule has 4 nitrogen and oxygen atoms in total. The third-order valence-electron chi connectivity index (χ3n) is 3.68. The van der Waals surface area contributed by atoms with Crippen LogP contribution in [0.4, 0.5) is 0 Å². The Morgan fingerprint density at radius 2 is 2.17 bits per heavy atom. The van der Waals surface area contributed by atoms with Gasteiger partial charge in [-0.1, -0.05) is 39.7 Å². The monoisotopic (exact) mass is 331 g/mol. The lowest BCUT2D eigenvalue weighted by atomic mass is 9.75. The Hall–Kier alpha value is -0.490. The summed E-state index contributed by atoms with van der Waals surface area (Å²) in [5.74, 6) is -0.0339. The van der Waals surface area contributed by atoms with E-state index < -0.39 is 0 Å². The van der Waals surface area contributed by atoms with Gasteiger partial charge in [-0.25, -0.2) is 0 Å². The third kappa shape index (κ3) is 3.09. The fourth-order valence-corrected chi connectivity index (χ4v) is 3.78. The molecule has 1 aromatic rings. The van der Waals surface area contributed by atoms with Crippen LogP contribution in [-0.4, -0.2) is 27.4 Å². The quantitative estimate of drug-likeness (QED) is 0.863. The number of amides is 1. The molecule has 1 saturated carbocycles. The average molecular weight is 332 g/mol. The van der Waals surface area contributed by atoms with Gasteiger partial charge in [0, 0.05) is 11.9 Å². The lowest BCUT2D eigenvalue weighted by Crippen LogP contribution is -2.40. The second kappa shape index (κ2) is 6.10. The predicted molar refractivity (Wildman–Crippen MR) is 76.3 cm³/mol.